The van der Waals surface area contributed by atoms with Crippen LogP contribution in [0, 0.1) is 0 Å². The van der Waals surface area contributed by atoms with Gasteiger partial charge < -0.3 is 25.0 Å². The smallest absolute Gasteiger partial charge is 0.305 e. The number of aliphatic hydroxyl groups is 1. The zero-order valence-electron chi connectivity index (χ0n) is 15.5. The van der Waals surface area contributed by atoms with Crippen molar-refractivity contribution in [1.29, 1.82) is 0 Å². The van der Waals surface area contributed by atoms with Crippen LogP contribution in [-0.4, -0.2) is 51.5 Å². The largest absolute Gasteiger partial charge is 0.507 e. The van der Waals surface area contributed by atoms with E-state index in [1.165, 1.54) is 25.3 Å². The summed E-state index contributed by atoms with van der Waals surface area (Å²) >= 11 is 0. The van der Waals surface area contributed by atoms with Crippen LogP contribution in [0.5, 0.6) is 11.5 Å². The molecule has 1 saturated heterocycles. The number of Topliss-reactive ketones (excluding diaryl/α,β-unsaturated/α-hetero) is 1. The molecule has 150 valence electrons. The van der Waals surface area contributed by atoms with Crippen molar-refractivity contribution in [2.24, 2.45) is 0 Å². The number of carbonyl (C=O) groups is 3. The lowest BCUT2D eigenvalue weighted by Gasteiger charge is -2.25. The van der Waals surface area contributed by atoms with Crippen molar-refractivity contribution in [2.75, 3.05) is 13.7 Å². The Morgan fingerprint density at radius 1 is 1.10 bits per heavy atom. The number of carbonyl (C=O) groups excluding carboxylic acids is 2. The summed E-state index contributed by atoms with van der Waals surface area (Å²) in [5.41, 5.74) is 0.584. The van der Waals surface area contributed by atoms with E-state index in [-0.39, 0.29) is 35.8 Å². The van der Waals surface area contributed by atoms with Gasteiger partial charge in [0, 0.05) is 12.1 Å². The van der Waals surface area contributed by atoms with E-state index in [1.807, 2.05) is 0 Å². The highest BCUT2D eigenvalue weighted by Gasteiger charge is 2.46. The predicted octanol–water partition coefficient (Wildman–Crippen LogP) is 2.30. The maximum Gasteiger partial charge on any atom is 0.305 e. The average Bonchev–Trinajstić information content (AvgIpc) is 2.97. The number of hydrogen-bond acceptors (Lipinski definition) is 6. The second-order valence-corrected chi connectivity index (χ2v) is 6.43. The first-order chi connectivity index (χ1) is 13.8. The molecule has 1 aliphatic heterocycles. The zero-order chi connectivity index (χ0) is 21.1. The topological polar surface area (TPSA) is 124 Å². The van der Waals surface area contributed by atoms with Gasteiger partial charge in [0.15, 0.2) is 11.5 Å². The minimum absolute atomic E-state index is 0.117. The summed E-state index contributed by atoms with van der Waals surface area (Å²) in [6.45, 7) is -0.223. The molecule has 8 nitrogen and oxygen atoms in total. The number of phenolic OH excluding ortho intramolecular Hbond substituents is 1. The second-order valence-electron chi connectivity index (χ2n) is 6.43. The number of phenols is 1. The fourth-order valence-electron chi connectivity index (χ4n) is 3.29. The number of ether oxygens (including phenoxy) is 1. The molecule has 2 aromatic rings. The summed E-state index contributed by atoms with van der Waals surface area (Å²) in [6.07, 6.45) is -0.371. The number of aliphatic carboxylic acids is 1. The quantitative estimate of drug-likeness (QED) is 0.388. The molecule has 29 heavy (non-hydrogen) atoms. The Kier molecular flexibility index (Phi) is 5.54. The van der Waals surface area contributed by atoms with Crippen LogP contribution in [0.3, 0.4) is 0 Å². The maximum atomic E-state index is 12.7. The van der Waals surface area contributed by atoms with Crippen molar-refractivity contribution in [2.45, 2.75) is 12.5 Å². The zero-order valence-corrected chi connectivity index (χ0v) is 15.5. The van der Waals surface area contributed by atoms with Gasteiger partial charge in [0.05, 0.1) is 25.1 Å². The van der Waals surface area contributed by atoms with Crippen LogP contribution < -0.4 is 4.74 Å². The van der Waals surface area contributed by atoms with E-state index < -0.39 is 23.7 Å². The van der Waals surface area contributed by atoms with E-state index >= 15 is 0 Å². The van der Waals surface area contributed by atoms with Gasteiger partial charge >= 0.3 is 5.97 Å². The van der Waals surface area contributed by atoms with E-state index in [4.69, 9.17) is 9.84 Å². The van der Waals surface area contributed by atoms with Crippen molar-refractivity contribution in [1.82, 2.24) is 4.90 Å². The number of carboxylic acids is 1. The predicted molar refractivity (Wildman–Crippen MR) is 102 cm³/mol. The van der Waals surface area contributed by atoms with Crippen LogP contribution in [0.15, 0.2) is 54.1 Å². The number of benzene rings is 2. The van der Waals surface area contributed by atoms with Crippen LogP contribution in [0.4, 0.5) is 0 Å². The average molecular weight is 397 g/mol. The molecule has 1 amide bonds. The van der Waals surface area contributed by atoms with Gasteiger partial charge in [-0.2, -0.15) is 0 Å². The van der Waals surface area contributed by atoms with Crippen molar-refractivity contribution in [3.8, 4) is 11.5 Å². The summed E-state index contributed by atoms with van der Waals surface area (Å²) in [5.74, 6) is -3.32. The summed E-state index contributed by atoms with van der Waals surface area (Å²) in [4.78, 5) is 37.5. The Morgan fingerprint density at radius 3 is 2.41 bits per heavy atom. The van der Waals surface area contributed by atoms with Crippen LogP contribution in [-0.2, 0) is 14.4 Å². The summed E-state index contributed by atoms with van der Waals surface area (Å²) < 4.78 is 5.10. The second kappa shape index (κ2) is 8.05. The Hall–Kier alpha value is -3.81. The normalized spacial score (nSPS) is 18.1. The number of carboxylic acid groups (broad SMARTS) is 1. The molecule has 2 aromatic carbocycles. The highest BCUT2D eigenvalue weighted by atomic mass is 16.5. The number of amides is 1. The first-order valence-electron chi connectivity index (χ1n) is 8.77. The van der Waals surface area contributed by atoms with Gasteiger partial charge in [0.1, 0.15) is 5.76 Å². The number of nitrogens with zero attached hydrogens (tertiary/aromatic N) is 1. The van der Waals surface area contributed by atoms with Gasteiger partial charge in [-0.25, -0.2) is 0 Å². The van der Waals surface area contributed by atoms with E-state index in [0.717, 1.165) is 4.90 Å². The van der Waals surface area contributed by atoms with Gasteiger partial charge in [-0.15, -0.1) is 0 Å². The Bertz CT molecular complexity index is 997. The minimum atomic E-state index is -1.13. The van der Waals surface area contributed by atoms with Crippen molar-refractivity contribution in [3.05, 3.63) is 65.2 Å². The van der Waals surface area contributed by atoms with E-state index in [0.29, 0.717) is 11.1 Å². The standard InChI is InChI=1S/C21H19NO7/c1-29-15-11-13(7-8-14(15)23)18-17(19(26)12-5-3-2-4-6-12)20(27)21(28)22(18)10-9-16(24)25/h2-8,11,18,23,26H,9-10H2,1H3,(H,24,25)/t18-/m1/s1. The number of aromatic hydroxyl groups is 1. The molecule has 0 bridgehead atoms. The third-order valence-corrected chi connectivity index (χ3v) is 4.67. The van der Waals surface area contributed by atoms with Gasteiger partial charge in [0.2, 0.25) is 0 Å². The number of methoxy groups -OCH3 is 1. The Balaban J connectivity index is 2.18. The van der Waals surface area contributed by atoms with Crippen LogP contribution in [0.1, 0.15) is 23.6 Å². The number of likely N-dealkylation sites (tertiary alicyclic amines) is 1. The molecule has 0 aromatic heterocycles. The first-order valence-corrected chi connectivity index (χ1v) is 8.77. The van der Waals surface area contributed by atoms with Crippen LogP contribution >= 0.6 is 0 Å². The summed E-state index contributed by atoms with van der Waals surface area (Å²) in [7, 11) is 1.35. The molecule has 1 heterocycles. The maximum absolute atomic E-state index is 12.7. The molecule has 1 aliphatic rings. The SMILES string of the molecule is COc1cc([C@@H]2C(=C(O)c3ccccc3)C(=O)C(=O)N2CCC(=O)O)ccc1O. The lowest BCUT2D eigenvalue weighted by Crippen LogP contribution is -2.31. The number of hydrogen-bond donors (Lipinski definition) is 3. The highest BCUT2D eigenvalue weighted by molar-refractivity contribution is 6.46. The molecule has 0 spiro atoms. The van der Waals surface area contributed by atoms with Crippen LogP contribution in [0.25, 0.3) is 5.76 Å². The third kappa shape index (κ3) is 3.77. The lowest BCUT2D eigenvalue weighted by atomic mass is 9.95. The molecule has 0 radical (unpaired) electrons. The molecule has 0 saturated carbocycles. The van der Waals surface area contributed by atoms with E-state index in [2.05, 4.69) is 0 Å². The van der Waals surface area contributed by atoms with Gasteiger partial charge in [-0.3, -0.25) is 14.4 Å². The van der Waals surface area contributed by atoms with Gasteiger partial charge in [0.25, 0.3) is 11.7 Å². The molecule has 1 atom stereocenters. The Labute approximate surface area is 166 Å². The number of rotatable bonds is 6. The molecule has 0 aliphatic carbocycles. The molecule has 3 rings (SSSR count). The Morgan fingerprint density at radius 2 is 1.79 bits per heavy atom. The van der Waals surface area contributed by atoms with Crippen molar-refractivity contribution >= 4 is 23.4 Å². The number of aliphatic hydroxyl groups excluding tert-OH is 1. The summed E-state index contributed by atoms with van der Waals surface area (Å²) in [5, 5.41) is 29.7. The molecule has 0 unspecified atom stereocenters. The lowest BCUT2D eigenvalue weighted by molar-refractivity contribution is -0.142. The first kappa shape index (κ1) is 19.9. The molecule has 8 heteroatoms. The van der Waals surface area contributed by atoms with Gasteiger partial charge in [-0.05, 0) is 17.7 Å². The monoisotopic (exact) mass is 397 g/mol. The molecular weight excluding hydrogens is 378 g/mol. The minimum Gasteiger partial charge on any atom is -0.507 e. The van der Waals surface area contributed by atoms with Crippen molar-refractivity contribution in [3.63, 3.8) is 0 Å². The van der Waals surface area contributed by atoms with E-state index in [1.54, 1.807) is 30.3 Å². The fourth-order valence-corrected chi connectivity index (χ4v) is 3.29. The third-order valence-electron chi connectivity index (χ3n) is 4.67. The summed E-state index contributed by atoms with van der Waals surface area (Å²) in [6, 6.07) is 11.5. The van der Waals surface area contributed by atoms with Crippen LogP contribution in [0.2, 0.25) is 0 Å². The fraction of sp³-hybridized carbons (Fsp3) is 0.190. The van der Waals surface area contributed by atoms with Crippen molar-refractivity contribution < 1.29 is 34.4 Å². The van der Waals surface area contributed by atoms with Gasteiger partial charge in [-0.1, -0.05) is 36.4 Å². The molecule has 3 N–H and O–H groups in total. The molecular formula is C21H19NO7. The highest BCUT2D eigenvalue weighted by Crippen LogP contribution is 2.41. The van der Waals surface area contributed by atoms with E-state index in [9.17, 15) is 24.6 Å². The molecule has 1 fully saturated rings. The number of ketones is 1.